The molecule has 0 aromatic rings. The van der Waals surface area contributed by atoms with Gasteiger partial charge in [0, 0.05) is 6.92 Å². The zero-order valence-corrected chi connectivity index (χ0v) is 6.55. The third-order valence-electron chi connectivity index (χ3n) is 1.56. The molecule has 0 bridgehead atoms. The summed E-state index contributed by atoms with van der Waals surface area (Å²) in [6.07, 6.45) is 3.94. The van der Waals surface area contributed by atoms with Crippen LogP contribution < -0.4 is 0 Å². The average Bonchev–Trinajstić information content (AvgIpc) is 2.20. The van der Waals surface area contributed by atoms with Crippen LogP contribution in [0.2, 0.25) is 0 Å². The van der Waals surface area contributed by atoms with Crippen LogP contribution in [0.1, 0.15) is 20.8 Å². The fourth-order valence-corrected chi connectivity index (χ4v) is 0.780. The van der Waals surface area contributed by atoms with Gasteiger partial charge in [-0.3, -0.25) is 0 Å². The van der Waals surface area contributed by atoms with E-state index in [1.165, 1.54) is 5.57 Å². The molecule has 0 fully saturated rings. The maximum Gasteiger partial charge on any atom is 0.344 e. The van der Waals surface area contributed by atoms with E-state index in [1.807, 2.05) is 32.9 Å². The lowest BCUT2D eigenvalue weighted by molar-refractivity contribution is -0.0754. The average molecular weight is 135 g/mol. The molecule has 0 unspecified atom stereocenters. The van der Waals surface area contributed by atoms with Crippen molar-refractivity contribution in [2.75, 3.05) is 0 Å². The fourth-order valence-electron chi connectivity index (χ4n) is 0.780. The van der Waals surface area contributed by atoms with E-state index in [9.17, 15) is 0 Å². The molecule has 1 aliphatic rings. The van der Waals surface area contributed by atoms with Crippen molar-refractivity contribution in [3.63, 3.8) is 0 Å². The quantitative estimate of drug-likeness (QED) is 0.491. The lowest BCUT2D eigenvalue weighted by atomic mass is 10.1. The van der Waals surface area contributed by atoms with Gasteiger partial charge in [0.15, 0.2) is 5.70 Å². The van der Waals surface area contributed by atoms with E-state index in [1.54, 1.807) is 0 Å². The normalized spacial score (nSPS) is 17.3. The van der Waals surface area contributed by atoms with Crippen molar-refractivity contribution in [1.29, 1.82) is 0 Å². The van der Waals surface area contributed by atoms with Crippen molar-refractivity contribution in [3.8, 4) is 0 Å². The van der Waals surface area contributed by atoms with E-state index in [2.05, 4.69) is 9.90 Å². The Morgan fingerprint density at radius 1 is 1.40 bits per heavy atom. The zero-order valence-electron chi connectivity index (χ0n) is 6.55. The van der Waals surface area contributed by atoms with E-state index >= 15 is 0 Å². The SMILES string of the molecule is CC=CC1=C(C)C(C)=[N+]=N1. The highest BCUT2D eigenvalue weighted by atomic mass is 15.1. The highest BCUT2D eigenvalue weighted by Gasteiger charge is 2.18. The van der Waals surface area contributed by atoms with Gasteiger partial charge in [0.1, 0.15) is 5.11 Å². The maximum absolute atomic E-state index is 3.97. The van der Waals surface area contributed by atoms with Crippen molar-refractivity contribution < 1.29 is 4.79 Å². The third-order valence-corrected chi connectivity index (χ3v) is 1.56. The van der Waals surface area contributed by atoms with Crippen molar-refractivity contribution >= 4 is 5.71 Å². The minimum absolute atomic E-state index is 0.986. The molecule has 1 heterocycles. The first kappa shape index (κ1) is 6.97. The Balaban J connectivity index is 2.95. The minimum atomic E-state index is 0.986. The van der Waals surface area contributed by atoms with Crippen LogP contribution in [-0.4, -0.2) is 10.5 Å². The molecule has 0 amide bonds. The summed E-state index contributed by atoms with van der Waals surface area (Å²) in [6.45, 7) is 5.98. The Morgan fingerprint density at radius 2 is 2.10 bits per heavy atom. The van der Waals surface area contributed by atoms with Crippen LogP contribution in [0.3, 0.4) is 0 Å². The van der Waals surface area contributed by atoms with Gasteiger partial charge in [-0.15, -0.1) is 0 Å². The Kier molecular flexibility index (Phi) is 1.83. The first-order valence-corrected chi connectivity index (χ1v) is 3.35. The molecule has 0 aromatic heterocycles. The van der Waals surface area contributed by atoms with E-state index in [0.717, 1.165) is 11.4 Å². The van der Waals surface area contributed by atoms with Crippen molar-refractivity contribution in [2.45, 2.75) is 20.8 Å². The number of rotatable bonds is 1. The van der Waals surface area contributed by atoms with Gasteiger partial charge in [-0.1, -0.05) is 6.08 Å². The molecule has 0 N–H and O–H groups in total. The topological polar surface area (TPSA) is 26.5 Å². The Morgan fingerprint density at radius 3 is 2.50 bits per heavy atom. The molecule has 0 aliphatic carbocycles. The predicted octanol–water partition coefficient (Wildman–Crippen LogP) is 1.97. The molecule has 52 valence electrons. The van der Waals surface area contributed by atoms with Crippen LogP contribution in [-0.2, 0) is 0 Å². The fraction of sp³-hybridized carbons (Fsp3) is 0.375. The second-order valence-electron chi connectivity index (χ2n) is 2.30. The summed E-state index contributed by atoms with van der Waals surface area (Å²) in [5, 5.41) is 3.97. The van der Waals surface area contributed by atoms with Crippen LogP contribution in [0.5, 0.6) is 0 Å². The van der Waals surface area contributed by atoms with Crippen LogP contribution in [0.15, 0.2) is 28.5 Å². The van der Waals surface area contributed by atoms with Gasteiger partial charge < -0.3 is 0 Å². The second-order valence-corrected chi connectivity index (χ2v) is 2.30. The molecule has 0 saturated carbocycles. The van der Waals surface area contributed by atoms with Gasteiger partial charge in [0.2, 0.25) is 0 Å². The molecule has 2 nitrogen and oxygen atoms in total. The highest BCUT2D eigenvalue weighted by Crippen LogP contribution is 2.11. The molecule has 0 saturated heterocycles. The Labute approximate surface area is 60.7 Å². The van der Waals surface area contributed by atoms with E-state index < -0.39 is 0 Å². The summed E-state index contributed by atoms with van der Waals surface area (Å²) < 4.78 is 0. The predicted molar refractivity (Wildman–Crippen MR) is 40.9 cm³/mol. The van der Waals surface area contributed by atoms with Crippen molar-refractivity contribution in [2.24, 2.45) is 5.11 Å². The lowest BCUT2D eigenvalue weighted by Crippen LogP contribution is -1.90. The molecule has 1 aliphatic heterocycles. The summed E-state index contributed by atoms with van der Waals surface area (Å²) in [6, 6.07) is 0. The number of nitrogens with zero attached hydrogens (tertiary/aromatic N) is 2. The standard InChI is InChI=1S/C8H11N2/c1-4-5-8-6(2)7(3)9-10-8/h4-5H,1-3H3/q+1. The number of allylic oxidation sites excluding steroid dienone is 3. The van der Waals surface area contributed by atoms with Crippen LogP contribution in [0.25, 0.3) is 0 Å². The van der Waals surface area contributed by atoms with E-state index in [4.69, 9.17) is 0 Å². The summed E-state index contributed by atoms with van der Waals surface area (Å²) in [7, 11) is 0. The van der Waals surface area contributed by atoms with Crippen molar-refractivity contribution in [3.05, 3.63) is 23.4 Å². The van der Waals surface area contributed by atoms with Crippen molar-refractivity contribution in [1.82, 2.24) is 0 Å². The number of hydrogen-bond donors (Lipinski definition) is 0. The number of hydrogen-bond acceptors (Lipinski definition) is 1. The van der Waals surface area contributed by atoms with Gasteiger partial charge in [-0.25, -0.2) is 0 Å². The largest absolute Gasteiger partial charge is 0.344 e. The lowest BCUT2D eigenvalue weighted by Gasteiger charge is -1.81. The molecule has 10 heavy (non-hydrogen) atoms. The third kappa shape index (κ3) is 1.07. The Hall–Kier alpha value is -1.14. The van der Waals surface area contributed by atoms with Crippen LogP contribution >= 0.6 is 0 Å². The maximum atomic E-state index is 3.97. The van der Waals surface area contributed by atoms with Gasteiger partial charge >= 0.3 is 5.71 Å². The molecular weight excluding hydrogens is 124 g/mol. The zero-order chi connectivity index (χ0) is 7.56. The summed E-state index contributed by atoms with van der Waals surface area (Å²) in [5.41, 5.74) is 3.19. The first-order valence-electron chi connectivity index (χ1n) is 3.35. The molecule has 0 spiro atoms. The molecule has 0 aromatic carbocycles. The summed E-state index contributed by atoms with van der Waals surface area (Å²) in [4.78, 5) is 3.93. The van der Waals surface area contributed by atoms with Gasteiger partial charge in [-0.2, -0.15) is 0 Å². The molecule has 2 heteroatoms. The second kappa shape index (κ2) is 2.63. The van der Waals surface area contributed by atoms with Crippen LogP contribution in [0.4, 0.5) is 0 Å². The monoisotopic (exact) mass is 135 g/mol. The Bertz CT molecular complexity index is 263. The van der Waals surface area contributed by atoms with Gasteiger partial charge in [-0.05, 0) is 19.9 Å². The first-order chi connectivity index (χ1) is 4.75. The minimum Gasteiger partial charge on any atom is -0.0852 e. The highest BCUT2D eigenvalue weighted by molar-refractivity contribution is 5.94. The summed E-state index contributed by atoms with van der Waals surface area (Å²) >= 11 is 0. The molecule has 0 atom stereocenters. The van der Waals surface area contributed by atoms with Gasteiger partial charge in [0.05, 0.1) is 10.4 Å². The van der Waals surface area contributed by atoms with Crippen LogP contribution in [0, 0.1) is 0 Å². The van der Waals surface area contributed by atoms with E-state index in [-0.39, 0.29) is 0 Å². The summed E-state index contributed by atoms with van der Waals surface area (Å²) in [5.74, 6) is 0. The molecule has 1 rings (SSSR count). The molecular formula is C8H11N2+. The molecule has 0 radical (unpaired) electrons. The van der Waals surface area contributed by atoms with Gasteiger partial charge in [0.25, 0.3) is 0 Å². The van der Waals surface area contributed by atoms with E-state index in [0.29, 0.717) is 0 Å². The smallest absolute Gasteiger partial charge is 0.0852 e.